The van der Waals surface area contributed by atoms with Gasteiger partial charge >= 0.3 is 5.97 Å². The number of anilines is 1. The van der Waals surface area contributed by atoms with Crippen molar-refractivity contribution in [1.82, 2.24) is 4.98 Å². The second-order valence-electron chi connectivity index (χ2n) is 5.87. The first-order valence-corrected chi connectivity index (χ1v) is 8.23. The molecule has 2 rings (SSSR count). The van der Waals surface area contributed by atoms with Crippen LogP contribution in [-0.4, -0.2) is 23.5 Å². The Morgan fingerprint density at radius 3 is 2.46 bits per heavy atom. The number of aromatic amines is 1. The number of carbonyl (C=O) groups is 2. The fourth-order valence-electron chi connectivity index (χ4n) is 2.56. The van der Waals surface area contributed by atoms with E-state index in [4.69, 9.17) is 4.74 Å². The largest absolute Gasteiger partial charge is 0.462 e. The molecule has 0 aliphatic rings. The summed E-state index contributed by atoms with van der Waals surface area (Å²) in [5.41, 5.74) is 3.83. The Kier molecular flexibility index (Phi) is 5.97. The number of hydrogen-bond donors (Lipinski definition) is 2. The number of H-pyrrole nitrogens is 1. The molecular formula is C20H21N3O3. The zero-order chi connectivity index (χ0) is 19.3. The van der Waals surface area contributed by atoms with Gasteiger partial charge in [-0.1, -0.05) is 17.7 Å². The molecule has 1 heterocycles. The Bertz CT molecular complexity index is 900. The smallest absolute Gasteiger partial charge is 0.340 e. The summed E-state index contributed by atoms with van der Waals surface area (Å²) in [6, 6.07) is 9.18. The van der Waals surface area contributed by atoms with E-state index < -0.39 is 11.9 Å². The van der Waals surface area contributed by atoms with Gasteiger partial charge in [-0.2, -0.15) is 5.26 Å². The van der Waals surface area contributed by atoms with E-state index in [0.29, 0.717) is 28.2 Å². The molecule has 1 amide bonds. The lowest BCUT2D eigenvalue weighted by molar-refractivity contribution is -0.112. The van der Waals surface area contributed by atoms with Crippen LogP contribution in [0, 0.1) is 32.1 Å². The number of esters is 1. The van der Waals surface area contributed by atoms with Crippen molar-refractivity contribution in [3.63, 3.8) is 0 Å². The van der Waals surface area contributed by atoms with Crippen molar-refractivity contribution < 1.29 is 14.3 Å². The Morgan fingerprint density at radius 1 is 1.23 bits per heavy atom. The average Bonchev–Trinajstić information content (AvgIpc) is 2.88. The summed E-state index contributed by atoms with van der Waals surface area (Å²) in [5, 5.41) is 12.0. The van der Waals surface area contributed by atoms with Crippen LogP contribution in [0.2, 0.25) is 0 Å². The first kappa shape index (κ1) is 19.0. The molecule has 1 aromatic heterocycles. The third-order valence-corrected chi connectivity index (χ3v) is 3.92. The lowest BCUT2D eigenvalue weighted by atomic mass is 10.1. The van der Waals surface area contributed by atoms with Crippen LogP contribution in [0.1, 0.15) is 39.8 Å². The molecule has 134 valence electrons. The van der Waals surface area contributed by atoms with Gasteiger partial charge in [0.25, 0.3) is 5.91 Å². The van der Waals surface area contributed by atoms with Crippen LogP contribution in [0.25, 0.3) is 6.08 Å². The predicted octanol–water partition coefficient (Wildman–Crippen LogP) is 3.66. The second-order valence-corrected chi connectivity index (χ2v) is 5.87. The summed E-state index contributed by atoms with van der Waals surface area (Å²) >= 11 is 0. The number of nitrogens with zero attached hydrogens (tertiary/aromatic N) is 1. The number of amides is 1. The highest BCUT2D eigenvalue weighted by Crippen LogP contribution is 2.21. The molecule has 0 saturated carbocycles. The van der Waals surface area contributed by atoms with E-state index in [1.54, 1.807) is 32.9 Å². The third-order valence-electron chi connectivity index (χ3n) is 3.92. The number of aromatic nitrogens is 1. The molecule has 0 atom stereocenters. The molecule has 0 spiro atoms. The highest BCUT2D eigenvalue weighted by atomic mass is 16.5. The Morgan fingerprint density at radius 2 is 1.88 bits per heavy atom. The molecular weight excluding hydrogens is 330 g/mol. The first-order valence-electron chi connectivity index (χ1n) is 8.23. The molecule has 0 aliphatic carbocycles. The van der Waals surface area contributed by atoms with E-state index in [1.165, 1.54) is 6.08 Å². The number of hydrogen-bond acceptors (Lipinski definition) is 4. The van der Waals surface area contributed by atoms with Crippen molar-refractivity contribution in [2.45, 2.75) is 27.7 Å². The van der Waals surface area contributed by atoms with Gasteiger partial charge in [0.2, 0.25) is 0 Å². The van der Waals surface area contributed by atoms with Gasteiger partial charge in [0.15, 0.2) is 0 Å². The van der Waals surface area contributed by atoms with E-state index in [2.05, 4.69) is 10.3 Å². The maximum Gasteiger partial charge on any atom is 0.340 e. The molecule has 0 radical (unpaired) electrons. The van der Waals surface area contributed by atoms with Crippen LogP contribution in [0.3, 0.4) is 0 Å². The van der Waals surface area contributed by atoms with Crippen LogP contribution >= 0.6 is 0 Å². The van der Waals surface area contributed by atoms with Gasteiger partial charge in [-0.05, 0) is 51.5 Å². The Hall–Kier alpha value is -3.33. The summed E-state index contributed by atoms with van der Waals surface area (Å²) < 4.78 is 5.05. The van der Waals surface area contributed by atoms with Crippen LogP contribution in [0.5, 0.6) is 0 Å². The SMILES string of the molecule is CCOC(=O)c1c(C)[nH]c(/C=C(\C#N)C(=O)Nc2ccc(C)cc2)c1C. The molecule has 0 saturated heterocycles. The van der Waals surface area contributed by atoms with Gasteiger partial charge in [-0.3, -0.25) is 4.79 Å². The molecule has 0 aliphatic heterocycles. The van der Waals surface area contributed by atoms with Crippen LogP contribution < -0.4 is 5.32 Å². The van der Waals surface area contributed by atoms with Crippen molar-refractivity contribution in [2.75, 3.05) is 11.9 Å². The minimum Gasteiger partial charge on any atom is -0.462 e. The van der Waals surface area contributed by atoms with Gasteiger partial charge < -0.3 is 15.0 Å². The van der Waals surface area contributed by atoms with E-state index in [1.807, 2.05) is 25.1 Å². The zero-order valence-electron chi connectivity index (χ0n) is 15.3. The number of nitriles is 1. The predicted molar refractivity (Wildman–Crippen MR) is 99.6 cm³/mol. The normalized spacial score (nSPS) is 11.0. The van der Waals surface area contributed by atoms with Gasteiger partial charge in [0.1, 0.15) is 11.6 Å². The third kappa shape index (κ3) is 4.19. The monoisotopic (exact) mass is 351 g/mol. The maximum absolute atomic E-state index is 12.4. The van der Waals surface area contributed by atoms with Crippen LogP contribution in [0.15, 0.2) is 29.8 Å². The topological polar surface area (TPSA) is 95.0 Å². The van der Waals surface area contributed by atoms with E-state index in [0.717, 1.165) is 5.56 Å². The molecule has 0 fully saturated rings. The van der Waals surface area contributed by atoms with E-state index in [9.17, 15) is 14.9 Å². The highest BCUT2D eigenvalue weighted by molar-refractivity contribution is 6.09. The minimum absolute atomic E-state index is 0.0645. The van der Waals surface area contributed by atoms with Crippen molar-refractivity contribution in [3.8, 4) is 6.07 Å². The number of ether oxygens (including phenoxy) is 1. The highest BCUT2D eigenvalue weighted by Gasteiger charge is 2.19. The first-order chi connectivity index (χ1) is 12.4. The van der Waals surface area contributed by atoms with Gasteiger partial charge in [-0.15, -0.1) is 0 Å². The van der Waals surface area contributed by atoms with Crippen molar-refractivity contribution in [3.05, 3.63) is 57.9 Å². The fourth-order valence-corrected chi connectivity index (χ4v) is 2.56. The number of aryl methyl sites for hydroxylation is 2. The summed E-state index contributed by atoms with van der Waals surface area (Å²) in [6.45, 7) is 7.45. The fraction of sp³-hybridized carbons (Fsp3) is 0.250. The number of rotatable bonds is 5. The summed E-state index contributed by atoms with van der Waals surface area (Å²) in [6.07, 6.45) is 1.44. The molecule has 26 heavy (non-hydrogen) atoms. The van der Waals surface area contributed by atoms with Crippen molar-refractivity contribution in [1.29, 1.82) is 5.26 Å². The Labute approximate surface area is 152 Å². The number of nitrogens with one attached hydrogen (secondary N) is 2. The van der Waals surface area contributed by atoms with Gasteiger partial charge in [0.05, 0.1) is 12.2 Å². The van der Waals surface area contributed by atoms with Gasteiger partial charge in [0, 0.05) is 17.1 Å². The minimum atomic E-state index is -0.513. The lowest BCUT2D eigenvalue weighted by Gasteiger charge is -2.05. The number of carbonyl (C=O) groups excluding carboxylic acids is 2. The second kappa shape index (κ2) is 8.17. The number of benzene rings is 1. The summed E-state index contributed by atoms with van der Waals surface area (Å²) in [4.78, 5) is 27.5. The lowest BCUT2D eigenvalue weighted by Crippen LogP contribution is -2.13. The average molecular weight is 351 g/mol. The summed E-state index contributed by atoms with van der Waals surface area (Å²) in [7, 11) is 0. The molecule has 2 N–H and O–H groups in total. The molecule has 6 nitrogen and oxygen atoms in total. The maximum atomic E-state index is 12.4. The van der Waals surface area contributed by atoms with E-state index >= 15 is 0 Å². The molecule has 0 unspecified atom stereocenters. The van der Waals surface area contributed by atoms with Crippen LogP contribution in [-0.2, 0) is 9.53 Å². The zero-order valence-corrected chi connectivity index (χ0v) is 15.3. The summed E-state index contributed by atoms with van der Waals surface area (Å²) in [5.74, 6) is -0.943. The molecule has 0 bridgehead atoms. The van der Waals surface area contributed by atoms with Crippen molar-refractivity contribution in [2.24, 2.45) is 0 Å². The Balaban J connectivity index is 2.30. The van der Waals surface area contributed by atoms with E-state index in [-0.39, 0.29) is 12.2 Å². The molecule has 1 aromatic carbocycles. The van der Waals surface area contributed by atoms with Crippen molar-refractivity contribution >= 4 is 23.6 Å². The van der Waals surface area contributed by atoms with Crippen LogP contribution in [0.4, 0.5) is 5.69 Å². The van der Waals surface area contributed by atoms with Gasteiger partial charge in [-0.25, -0.2) is 4.79 Å². The molecule has 2 aromatic rings. The molecule has 6 heteroatoms. The standard InChI is InChI=1S/C20H21N3O3/c1-5-26-20(25)18-13(3)17(22-14(18)4)10-15(11-21)19(24)23-16-8-6-12(2)7-9-16/h6-10,22H,5H2,1-4H3,(H,23,24)/b15-10+. The quantitative estimate of drug-likeness (QED) is 0.488.